The number of benzene rings is 1. The average Bonchev–Trinajstić information content (AvgIpc) is 3.02. The van der Waals surface area contributed by atoms with Crippen LogP contribution in [0.25, 0.3) is 11.3 Å². The van der Waals surface area contributed by atoms with Gasteiger partial charge in [-0.15, -0.1) is 0 Å². The van der Waals surface area contributed by atoms with E-state index in [-0.39, 0.29) is 11.7 Å². The largest absolute Gasteiger partial charge is 0.435 e. The third-order valence-corrected chi connectivity index (χ3v) is 5.76. The average molecular weight is 408 g/mol. The monoisotopic (exact) mass is 408 g/mol. The molecule has 1 aromatic heterocycles. The lowest BCUT2D eigenvalue weighted by molar-refractivity contribution is -0.141. The van der Waals surface area contributed by atoms with Crippen LogP contribution in [-0.4, -0.2) is 24.5 Å². The maximum atomic E-state index is 14.5. The molecule has 2 aromatic rings. The molecule has 27 heavy (non-hydrogen) atoms. The highest BCUT2D eigenvalue weighted by Gasteiger charge is 2.36. The SMILES string of the molecule is CS(=O)(=O)c1cc(F)c(-c2cc(C(F)(F)F)nn2C2CCCCC2)cc1F. The van der Waals surface area contributed by atoms with Crippen LogP contribution in [0.2, 0.25) is 0 Å². The molecule has 0 aliphatic heterocycles. The molecule has 1 heterocycles. The number of sulfone groups is 1. The van der Waals surface area contributed by atoms with Crippen molar-refractivity contribution < 1.29 is 30.4 Å². The van der Waals surface area contributed by atoms with Crippen LogP contribution >= 0.6 is 0 Å². The molecule has 0 spiro atoms. The highest BCUT2D eigenvalue weighted by molar-refractivity contribution is 7.90. The van der Waals surface area contributed by atoms with Gasteiger partial charge in [-0.1, -0.05) is 19.3 Å². The number of hydrogen-bond donors (Lipinski definition) is 0. The Balaban J connectivity index is 2.18. The Bertz CT molecular complexity index is 960. The Morgan fingerprint density at radius 1 is 1.04 bits per heavy atom. The first-order chi connectivity index (χ1) is 12.5. The summed E-state index contributed by atoms with van der Waals surface area (Å²) in [5.41, 5.74) is -1.87. The summed E-state index contributed by atoms with van der Waals surface area (Å²) in [6.07, 6.45) is -0.306. The topological polar surface area (TPSA) is 52.0 Å². The maximum Gasteiger partial charge on any atom is 0.435 e. The quantitative estimate of drug-likeness (QED) is 0.689. The van der Waals surface area contributed by atoms with Gasteiger partial charge in [0.05, 0.1) is 11.7 Å². The summed E-state index contributed by atoms with van der Waals surface area (Å²) < 4.78 is 92.4. The number of aromatic nitrogens is 2. The fourth-order valence-corrected chi connectivity index (χ4v) is 4.08. The summed E-state index contributed by atoms with van der Waals surface area (Å²) in [6, 6.07) is 1.42. The van der Waals surface area contributed by atoms with E-state index in [9.17, 15) is 30.4 Å². The fraction of sp³-hybridized carbons (Fsp3) is 0.471. The van der Waals surface area contributed by atoms with E-state index < -0.39 is 43.8 Å². The minimum absolute atomic E-state index is 0.217. The summed E-state index contributed by atoms with van der Waals surface area (Å²) >= 11 is 0. The number of nitrogens with zero attached hydrogens (tertiary/aromatic N) is 2. The van der Waals surface area contributed by atoms with Crippen molar-refractivity contribution in [3.63, 3.8) is 0 Å². The van der Waals surface area contributed by atoms with Crippen molar-refractivity contribution in [2.24, 2.45) is 0 Å². The second kappa shape index (κ2) is 6.88. The Labute approximate surface area is 152 Å². The van der Waals surface area contributed by atoms with Gasteiger partial charge in [-0.3, -0.25) is 4.68 Å². The van der Waals surface area contributed by atoms with E-state index >= 15 is 0 Å². The van der Waals surface area contributed by atoms with Crippen molar-refractivity contribution in [3.05, 3.63) is 35.5 Å². The van der Waals surface area contributed by atoms with Crippen molar-refractivity contribution in [2.45, 2.75) is 49.2 Å². The van der Waals surface area contributed by atoms with Crippen LogP contribution < -0.4 is 0 Å². The van der Waals surface area contributed by atoms with Crippen LogP contribution in [0.5, 0.6) is 0 Å². The molecule has 0 bridgehead atoms. The smallest absolute Gasteiger partial charge is 0.261 e. The highest BCUT2D eigenvalue weighted by atomic mass is 32.2. The number of hydrogen-bond acceptors (Lipinski definition) is 3. The van der Waals surface area contributed by atoms with E-state index in [1.807, 2.05) is 0 Å². The third kappa shape index (κ3) is 3.99. The van der Waals surface area contributed by atoms with Crippen LogP contribution in [0.3, 0.4) is 0 Å². The van der Waals surface area contributed by atoms with Gasteiger partial charge in [-0.05, 0) is 31.0 Å². The van der Waals surface area contributed by atoms with E-state index in [1.54, 1.807) is 0 Å². The molecular formula is C17H17F5N2O2S. The minimum Gasteiger partial charge on any atom is -0.261 e. The predicted molar refractivity (Wildman–Crippen MR) is 87.8 cm³/mol. The molecule has 3 rings (SSSR count). The molecule has 0 amide bonds. The van der Waals surface area contributed by atoms with Crippen molar-refractivity contribution in [1.29, 1.82) is 0 Å². The molecular weight excluding hydrogens is 391 g/mol. The van der Waals surface area contributed by atoms with Gasteiger partial charge in [-0.2, -0.15) is 18.3 Å². The van der Waals surface area contributed by atoms with Gasteiger partial charge in [-0.25, -0.2) is 17.2 Å². The molecule has 0 atom stereocenters. The summed E-state index contributed by atoms with van der Waals surface area (Å²) in [6.45, 7) is 0. The van der Waals surface area contributed by atoms with Gasteiger partial charge >= 0.3 is 6.18 Å². The van der Waals surface area contributed by atoms with Crippen LogP contribution in [0.1, 0.15) is 43.8 Å². The van der Waals surface area contributed by atoms with Gasteiger partial charge in [0.1, 0.15) is 16.5 Å². The lowest BCUT2D eigenvalue weighted by Crippen LogP contribution is -2.17. The molecule has 1 aliphatic rings. The molecule has 10 heteroatoms. The summed E-state index contributed by atoms with van der Waals surface area (Å²) in [5.74, 6) is -2.35. The third-order valence-electron chi connectivity index (χ3n) is 4.64. The highest BCUT2D eigenvalue weighted by Crippen LogP contribution is 2.38. The lowest BCUT2D eigenvalue weighted by atomic mass is 9.95. The van der Waals surface area contributed by atoms with Crippen molar-refractivity contribution >= 4 is 9.84 Å². The molecule has 148 valence electrons. The number of halogens is 5. The zero-order valence-corrected chi connectivity index (χ0v) is 15.2. The summed E-state index contributed by atoms with van der Waals surface area (Å²) in [5, 5.41) is 3.61. The van der Waals surface area contributed by atoms with E-state index in [1.165, 1.54) is 0 Å². The molecule has 0 unspecified atom stereocenters. The van der Waals surface area contributed by atoms with Crippen molar-refractivity contribution in [3.8, 4) is 11.3 Å². The zero-order valence-electron chi connectivity index (χ0n) is 14.4. The Hall–Kier alpha value is -1.97. The molecule has 1 aromatic carbocycles. The van der Waals surface area contributed by atoms with Crippen LogP contribution in [0.4, 0.5) is 22.0 Å². The minimum atomic E-state index is -4.74. The summed E-state index contributed by atoms with van der Waals surface area (Å²) in [7, 11) is -4.02. The molecule has 0 saturated heterocycles. The molecule has 1 aliphatic carbocycles. The predicted octanol–water partition coefficient (Wildman–Crippen LogP) is 4.76. The van der Waals surface area contributed by atoms with Crippen LogP contribution in [0.15, 0.2) is 23.1 Å². The van der Waals surface area contributed by atoms with E-state index in [4.69, 9.17) is 0 Å². The van der Waals surface area contributed by atoms with E-state index in [0.29, 0.717) is 31.0 Å². The molecule has 0 N–H and O–H groups in total. The number of rotatable bonds is 3. The van der Waals surface area contributed by atoms with Crippen LogP contribution in [0, 0.1) is 11.6 Å². The fourth-order valence-electron chi connectivity index (χ4n) is 3.35. The van der Waals surface area contributed by atoms with E-state index in [0.717, 1.165) is 30.2 Å². The molecule has 1 fully saturated rings. The molecule has 0 radical (unpaired) electrons. The van der Waals surface area contributed by atoms with Gasteiger partial charge in [0.2, 0.25) is 0 Å². The van der Waals surface area contributed by atoms with Gasteiger partial charge in [0.25, 0.3) is 0 Å². The first kappa shape index (κ1) is 19.8. The molecule has 4 nitrogen and oxygen atoms in total. The number of alkyl halides is 3. The lowest BCUT2D eigenvalue weighted by Gasteiger charge is -2.24. The maximum absolute atomic E-state index is 14.5. The summed E-state index contributed by atoms with van der Waals surface area (Å²) in [4.78, 5) is -0.844. The zero-order chi connectivity index (χ0) is 20.0. The van der Waals surface area contributed by atoms with Crippen molar-refractivity contribution in [1.82, 2.24) is 9.78 Å². The Morgan fingerprint density at radius 2 is 1.67 bits per heavy atom. The first-order valence-corrected chi connectivity index (χ1v) is 10.2. The standard InChI is InChI=1S/C17H17F5N2O2S/c1-27(25,26)15-8-12(18)11(7-13(15)19)14-9-16(17(20,21)22)23-24(14)10-5-3-2-4-6-10/h7-10H,2-6H2,1H3. The second-order valence-corrected chi connectivity index (χ2v) is 8.67. The Morgan fingerprint density at radius 3 is 2.22 bits per heavy atom. The van der Waals surface area contributed by atoms with Gasteiger partial charge in [0, 0.05) is 11.8 Å². The van der Waals surface area contributed by atoms with Gasteiger partial charge in [0.15, 0.2) is 15.5 Å². The van der Waals surface area contributed by atoms with Gasteiger partial charge < -0.3 is 0 Å². The van der Waals surface area contributed by atoms with E-state index in [2.05, 4.69) is 5.10 Å². The van der Waals surface area contributed by atoms with Crippen LogP contribution in [-0.2, 0) is 16.0 Å². The Kier molecular flexibility index (Phi) is 5.04. The molecule has 1 saturated carbocycles. The first-order valence-electron chi connectivity index (χ1n) is 8.34. The normalized spacial score (nSPS) is 16.7. The van der Waals surface area contributed by atoms with Crippen molar-refractivity contribution in [2.75, 3.05) is 6.26 Å². The second-order valence-electron chi connectivity index (χ2n) is 6.68.